The number of nitrogens with zero attached hydrogens (tertiary/aromatic N) is 1. The summed E-state index contributed by atoms with van der Waals surface area (Å²) in [5.74, 6) is 0.800. The van der Waals surface area contributed by atoms with Gasteiger partial charge in [0.2, 0.25) is 0 Å². The van der Waals surface area contributed by atoms with Crippen molar-refractivity contribution in [3.8, 4) is 0 Å². The summed E-state index contributed by atoms with van der Waals surface area (Å²) in [7, 11) is 0. The molecule has 0 amide bonds. The van der Waals surface area contributed by atoms with Crippen LogP contribution in [-0.4, -0.2) is 36.6 Å². The summed E-state index contributed by atoms with van der Waals surface area (Å²) in [5.41, 5.74) is 0. The average molecular weight is 268 g/mol. The Bertz CT molecular complexity index is 217. The van der Waals surface area contributed by atoms with E-state index in [1.54, 1.807) is 0 Å². The Hall–Kier alpha value is -0.0800. The van der Waals surface area contributed by atoms with Gasteiger partial charge in [-0.1, -0.05) is 53.4 Å². The lowest BCUT2D eigenvalue weighted by atomic mass is 9.97. The van der Waals surface area contributed by atoms with Gasteiger partial charge < -0.3 is 5.32 Å². The normalized spacial score (nSPS) is 24.9. The first-order valence-corrected chi connectivity index (χ1v) is 8.70. The van der Waals surface area contributed by atoms with Gasteiger partial charge in [0.05, 0.1) is 0 Å². The van der Waals surface area contributed by atoms with Gasteiger partial charge in [-0.05, 0) is 38.3 Å². The van der Waals surface area contributed by atoms with Crippen LogP contribution in [-0.2, 0) is 0 Å². The van der Waals surface area contributed by atoms with Gasteiger partial charge in [-0.3, -0.25) is 4.90 Å². The van der Waals surface area contributed by atoms with E-state index in [4.69, 9.17) is 0 Å². The van der Waals surface area contributed by atoms with Crippen molar-refractivity contribution >= 4 is 0 Å². The smallest absolute Gasteiger partial charge is 0.0220 e. The summed E-state index contributed by atoms with van der Waals surface area (Å²) in [5, 5.41) is 3.77. The third-order valence-corrected chi connectivity index (χ3v) is 4.82. The van der Waals surface area contributed by atoms with E-state index in [2.05, 4.69) is 37.9 Å². The van der Waals surface area contributed by atoms with Crippen molar-refractivity contribution in [2.75, 3.05) is 19.6 Å². The predicted molar refractivity (Wildman–Crippen MR) is 85.7 cm³/mol. The molecule has 2 heteroatoms. The van der Waals surface area contributed by atoms with E-state index in [0.29, 0.717) is 6.04 Å². The highest BCUT2D eigenvalue weighted by Crippen LogP contribution is 2.19. The summed E-state index contributed by atoms with van der Waals surface area (Å²) in [6.45, 7) is 13.1. The van der Waals surface area contributed by atoms with Crippen LogP contribution < -0.4 is 5.32 Å². The zero-order valence-corrected chi connectivity index (χ0v) is 13.8. The van der Waals surface area contributed by atoms with Gasteiger partial charge in [0.15, 0.2) is 0 Å². The lowest BCUT2D eigenvalue weighted by Crippen LogP contribution is -2.45. The molecule has 0 spiro atoms. The van der Waals surface area contributed by atoms with Crippen LogP contribution >= 0.6 is 0 Å². The highest BCUT2D eigenvalue weighted by Gasteiger charge is 2.25. The van der Waals surface area contributed by atoms with Crippen molar-refractivity contribution in [2.24, 2.45) is 5.92 Å². The number of rotatable bonds is 8. The van der Waals surface area contributed by atoms with Crippen molar-refractivity contribution in [1.82, 2.24) is 10.2 Å². The minimum Gasteiger partial charge on any atom is -0.312 e. The largest absolute Gasteiger partial charge is 0.312 e. The summed E-state index contributed by atoms with van der Waals surface area (Å²) in [6, 6.07) is 1.53. The number of hydrogen-bond acceptors (Lipinski definition) is 2. The van der Waals surface area contributed by atoms with Crippen LogP contribution in [0, 0.1) is 5.92 Å². The first-order chi connectivity index (χ1) is 9.22. The van der Waals surface area contributed by atoms with Gasteiger partial charge in [-0.15, -0.1) is 0 Å². The van der Waals surface area contributed by atoms with Crippen LogP contribution in [0.5, 0.6) is 0 Å². The Morgan fingerprint density at radius 1 is 1.16 bits per heavy atom. The third kappa shape index (κ3) is 5.83. The molecule has 114 valence electrons. The Morgan fingerprint density at radius 3 is 2.58 bits per heavy atom. The van der Waals surface area contributed by atoms with Crippen molar-refractivity contribution in [2.45, 2.75) is 84.7 Å². The van der Waals surface area contributed by atoms with Gasteiger partial charge in [0, 0.05) is 18.6 Å². The van der Waals surface area contributed by atoms with Gasteiger partial charge in [0.1, 0.15) is 0 Å². The van der Waals surface area contributed by atoms with Crippen molar-refractivity contribution in [3.63, 3.8) is 0 Å². The highest BCUT2D eigenvalue weighted by atomic mass is 15.2. The lowest BCUT2D eigenvalue weighted by molar-refractivity contribution is 0.157. The van der Waals surface area contributed by atoms with Crippen LogP contribution in [0.1, 0.15) is 72.6 Å². The summed E-state index contributed by atoms with van der Waals surface area (Å²) in [6.07, 6.45) is 9.44. The molecule has 19 heavy (non-hydrogen) atoms. The highest BCUT2D eigenvalue weighted by molar-refractivity contribution is 4.83. The molecule has 0 radical (unpaired) electrons. The topological polar surface area (TPSA) is 15.3 Å². The first kappa shape index (κ1) is 17.0. The molecule has 0 bridgehead atoms. The van der Waals surface area contributed by atoms with Crippen molar-refractivity contribution in [3.05, 3.63) is 0 Å². The fraction of sp³-hybridized carbons (Fsp3) is 1.00. The summed E-state index contributed by atoms with van der Waals surface area (Å²) in [4.78, 5) is 2.80. The van der Waals surface area contributed by atoms with Crippen LogP contribution in [0.15, 0.2) is 0 Å². The predicted octanol–water partition coefficient (Wildman–Crippen LogP) is 4.06. The lowest BCUT2D eigenvalue weighted by Gasteiger charge is -2.34. The molecule has 0 aromatic rings. The second kappa shape index (κ2) is 9.77. The Balaban J connectivity index is 2.59. The molecule has 1 aliphatic rings. The van der Waals surface area contributed by atoms with Crippen LogP contribution in [0.3, 0.4) is 0 Å². The average Bonchev–Trinajstić information content (AvgIpc) is 2.68. The zero-order valence-electron chi connectivity index (χ0n) is 13.8. The molecular formula is C17H36N2. The van der Waals surface area contributed by atoms with E-state index in [1.165, 1.54) is 64.6 Å². The first-order valence-electron chi connectivity index (χ1n) is 8.70. The number of unbranched alkanes of at least 4 members (excludes halogenated alkanes) is 1. The van der Waals surface area contributed by atoms with Crippen LogP contribution in [0.4, 0.5) is 0 Å². The minimum atomic E-state index is 0.702. The quantitative estimate of drug-likeness (QED) is 0.714. The molecule has 1 rings (SSSR count). The van der Waals surface area contributed by atoms with Gasteiger partial charge in [-0.2, -0.15) is 0 Å². The van der Waals surface area contributed by atoms with E-state index >= 15 is 0 Å². The monoisotopic (exact) mass is 268 g/mol. The molecular weight excluding hydrogens is 232 g/mol. The summed E-state index contributed by atoms with van der Waals surface area (Å²) < 4.78 is 0. The molecule has 1 aliphatic heterocycles. The maximum atomic E-state index is 3.77. The van der Waals surface area contributed by atoms with E-state index in [1.807, 2.05) is 0 Å². The molecule has 0 aromatic heterocycles. The molecule has 1 saturated heterocycles. The molecule has 3 unspecified atom stereocenters. The molecule has 2 nitrogen and oxygen atoms in total. The molecule has 0 aliphatic carbocycles. The van der Waals surface area contributed by atoms with Crippen LogP contribution in [0.2, 0.25) is 0 Å². The number of nitrogens with one attached hydrogen (secondary N) is 1. The van der Waals surface area contributed by atoms with E-state index in [9.17, 15) is 0 Å². The third-order valence-electron chi connectivity index (χ3n) is 4.82. The fourth-order valence-electron chi connectivity index (χ4n) is 3.26. The minimum absolute atomic E-state index is 0.702. The molecule has 1 N–H and O–H groups in total. The molecule has 3 atom stereocenters. The van der Waals surface area contributed by atoms with Gasteiger partial charge in [-0.25, -0.2) is 0 Å². The zero-order chi connectivity index (χ0) is 14.1. The fourth-order valence-corrected chi connectivity index (χ4v) is 3.26. The maximum absolute atomic E-state index is 3.77. The second-order valence-electron chi connectivity index (χ2n) is 6.38. The Labute approximate surface area is 121 Å². The Morgan fingerprint density at radius 2 is 1.95 bits per heavy atom. The van der Waals surface area contributed by atoms with E-state index in [-0.39, 0.29) is 0 Å². The standard InChI is InChI=1S/C17H36N2/c1-5-8-11-16(10-6-2)19-13-9-12-18-17(14-19)15(4)7-3/h15-18H,5-14H2,1-4H3. The Kier molecular flexibility index (Phi) is 8.72. The van der Waals surface area contributed by atoms with E-state index < -0.39 is 0 Å². The second-order valence-corrected chi connectivity index (χ2v) is 6.38. The molecule has 0 saturated carbocycles. The van der Waals surface area contributed by atoms with Gasteiger partial charge >= 0.3 is 0 Å². The van der Waals surface area contributed by atoms with E-state index in [0.717, 1.165) is 12.0 Å². The number of hydrogen-bond donors (Lipinski definition) is 1. The van der Waals surface area contributed by atoms with Crippen LogP contribution in [0.25, 0.3) is 0 Å². The van der Waals surface area contributed by atoms with Gasteiger partial charge in [0.25, 0.3) is 0 Å². The SMILES string of the molecule is CCCCC(CCC)N1CCCNC(C(C)CC)C1. The molecule has 0 aromatic carbocycles. The van der Waals surface area contributed by atoms with Crippen molar-refractivity contribution in [1.29, 1.82) is 0 Å². The summed E-state index contributed by atoms with van der Waals surface area (Å²) >= 11 is 0. The maximum Gasteiger partial charge on any atom is 0.0220 e. The molecule has 1 heterocycles. The van der Waals surface area contributed by atoms with Crippen molar-refractivity contribution < 1.29 is 0 Å². The molecule has 1 fully saturated rings.